The molecule has 0 amide bonds. The molecular formula is C13H18O4S. The molecule has 1 saturated heterocycles. The highest BCUT2D eigenvalue weighted by Gasteiger charge is 2.43. The molecule has 1 aliphatic heterocycles. The van der Waals surface area contributed by atoms with Gasteiger partial charge in [-0.15, -0.1) is 0 Å². The van der Waals surface area contributed by atoms with Gasteiger partial charge in [-0.05, 0) is 19.1 Å². The minimum Gasteiger partial charge on any atom is -0.388 e. The van der Waals surface area contributed by atoms with E-state index in [2.05, 4.69) is 0 Å². The summed E-state index contributed by atoms with van der Waals surface area (Å²) >= 11 is 1.43. The van der Waals surface area contributed by atoms with Gasteiger partial charge in [0, 0.05) is 12.0 Å². The van der Waals surface area contributed by atoms with Crippen LogP contribution >= 0.6 is 11.8 Å². The second-order valence-corrected chi connectivity index (χ2v) is 5.49. The van der Waals surface area contributed by atoms with E-state index < -0.39 is 23.7 Å². The number of thioether (sulfide) groups is 1. The van der Waals surface area contributed by atoms with Gasteiger partial charge in [-0.1, -0.05) is 30.0 Å². The Kier molecular flexibility index (Phi) is 4.64. The van der Waals surface area contributed by atoms with E-state index in [0.29, 0.717) is 0 Å². The van der Waals surface area contributed by atoms with Crippen molar-refractivity contribution in [3.05, 3.63) is 30.3 Å². The smallest absolute Gasteiger partial charge is 0.136 e. The van der Waals surface area contributed by atoms with Crippen LogP contribution in [0.5, 0.6) is 0 Å². The minimum absolute atomic E-state index is 0.362. The number of ether oxygens (including phenoxy) is 2. The summed E-state index contributed by atoms with van der Waals surface area (Å²) in [5, 5.41) is 20.0. The maximum atomic E-state index is 10.1. The van der Waals surface area contributed by atoms with Gasteiger partial charge in [0.15, 0.2) is 0 Å². The van der Waals surface area contributed by atoms with Gasteiger partial charge < -0.3 is 19.7 Å². The van der Waals surface area contributed by atoms with E-state index in [1.54, 1.807) is 6.92 Å². The first-order valence-electron chi connectivity index (χ1n) is 5.89. The molecule has 5 heteroatoms. The molecule has 1 aromatic carbocycles. The number of aliphatic hydroxyl groups excluding tert-OH is 2. The van der Waals surface area contributed by atoms with Crippen molar-refractivity contribution < 1.29 is 19.7 Å². The molecule has 4 nitrogen and oxygen atoms in total. The molecule has 0 unspecified atom stereocenters. The van der Waals surface area contributed by atoms with Gasteiger partial charge in [0.2, 0.25) is 0 Å². The summed E-state index contributed by atoms with van der Waals surface area (Å²) in [6.45, 7) is 1.78. The molecule has 1 aromatic rings. The summed E-state index contributed by atoms with van der Waals surface area (Å²) in [6.07, 6.45) is -2.64. The summed E-state index contributed by atoms with van der Waals surface area (Å²) in [4.78, 5) is 1.01. The lowest BCUT2D eigenvalue weighted by Crippen LogP contribution is -2.56. The van der Waals surface area contributed by atoms with Gasteiger partial charge >= 0.3 is 0 Å². The number of rotatable bonds is 3. The van der Waals surface area contributed by atoms with Crippen molar-refractivity contribution in [1.82, 2.24) is 0 Å². The fourth-order valence-corrected chi connectivity index (χ4v) is 3.11. The van der Waals surface area contributed by atoms with Crippen LogP contribution in [0.1, 0.15) is 6.92 Å². The average molecular weight is 270 g/mol. The first-order valence-corrected chi connectivity index (χ1v) is 6.77. The van der Waals surface area contributed by atoms with Crippen LogP contribution in [0.25, 0.3) is 0 Å². The lowest BCUT2D eigenvalue weighted by Gasteiger charge is -2.40. The number of aliphatic hydroxyl groups is 2. The lowest BCUT2D eigenvalue weighted by atomic mass is 10.0. The second kappa shape index (κ2) is 6.04. The monoisotopic (exact) mass is 270 g/mol. The lowest BCUT2D eigenvalue weighted by molar-refractivity contribution is -0.201. The maximum absolute atomic E-state index is 10.1. The Balaban J connectivity index is 2.08. The van der Waals surface area contributed by atoms with Crippen LogP contribution in [0, 0.1) is 0 Å². The van der Waals surface area contributed by atoms with Gasteiger partial charge in [0.05, 0.1) is 6.10 Å². The van der Waals surface area contributed by atoms with Crippen LogP contribution in [0.15, 0.2) is 35.2 Å². The summed E-state index contributed by atoms with van der Waals surface area (Å²) in [6, 6.07) is 9.72. The van der Waals surface area contributed by atoms with E-state index in [-0.39, 0.29) is 6.10 Å². The maximum Gasteiger partial charge on any atom is 0.136 e. The highest BCUT2D eigenvalue weighted by molar-refractivity contribution is 7.99. The summed E-state index contributed by atoms with van der Waals surface area (Å²) in [5.74, 6) is 0. The molecule has 1 fully saturated rings. The topological polar surface area (TPSA) is 58.9 Å². The Morgan fingerprint density at radius 1 is 1.17 bits per heavy atom. The number of methoxy groups -OCH3 is 1. The molecule has 0 aromatic heterocycles. The van der Waals surface area contributed by atoms with Crippen LogP contribution in [0.2, 0.25) is 0 Å². The quantitative estimate of drug-likeness (QED) is 0.866. The van der Waals surface area contributed by atoms with Crippen molar-refractivity contribution >= 4 is 11.8 Å². The fourth-order valence-electron chi connectivity index (χ4n) is 2.01. The van der Waals surface area contributed by atoms with Crippen molar-refractivity contribution in [3.63, 3.8) is 0 Å². The molecule has 2 rings (SSSR count). The van der Waals surface area contributed by atoms with E-state index in [0.717, 1.165) is 4.90 Å². The van der Waals surface area contributed by atoms with Gasteiger partial charge in [0.25, 0.3) is 0 Å². The summed E-state index contributed by atoms with van der Waals surface area (Å²) < 4.78 is 10.8. The van der Waals surface area contributed by atoms with Crippen molar-refractivity contribution in [3.8, 4) is 0 Å². The molecule has 0 radical (unpaired) electrons. The first kappa shape index (κ1) is 13.8. The highest BCUT2D eigenvalue weighted by atomic mass is 32.2. The predicted octanol–water partition coefficient (Wildman–Crippen LogP) is 1.26. The zero-order valence-electron chi connectivity index (χ0n) is 10.4. The van der Waals surface area contributed by atoms with E-state index in [1.807, 2.05) is 30.3 Å². The Hall–Kier alpha value is -0.590. The molecule has 100 valence electrons. The van der Waals surface area contributed by atoms with Crippen molar-refractivity contribution in [2.45, 2.75) is 41.7 Å². The van der Waals surface area contributed by atoms with Gasteiger partial charge in [0.1, 0.15) is 23.7 Å². The molecule has 0 aliphatic carbocycles. The zero-order valence-corrected chi connectivity index (χ0v) is 11.2. The first-order chi connectivity index (χ1) is 8.63. The van der Waals surface area contributed by atoms with Crippen LogP contribution in [-0.4, -0.2) is 47.2 Å². The molecule has 1 aliphatic rings. The molecule has 2 N–H and O–H groups in total. The molecule has 0 saturated carbocycles. The molecule has 0 bridgehead atoms. The van der Waals surface area contributed by atoms with E-state index in [9.17, 15) is 10.2 Å². The number of hydrogen-bond acceptors (Lipinski definition) is 5. The second-order valence-electron chi connectivity index (χ2n) is 4.32. The van der Waals surface area contributed by atoms with Crippen LogP contribution in [0.3, 0.4) is 0 Å². The minimum atomic E-state index is -0.855. The summed E-state index contributed by atoms with van der Waals surface area (Å²) in [7, 11) is 1.49. The summed E-state index contributed by atoms with van der Waals surface area (Å²) in [5.41, 5.74) is -0.434. The van der Waals surface area contributed by atoms with Gasteiger partial charge in [-0.2, -0.15) is 0 Å². The average Bonchev–Trinajstić information content (AvgIpc) is 2.38. The third kappa shape index (κ3) is 2.87. The fraction of sp³-hybridized carbons (Fsp3) is 0.538. The molecule has 5 atom stereocenters. The van der Waals surface area contributed by atoms with Crippen LogP contribution in [-0.2, 0) is 9.47 Å². The zero-order chi connectivity index (χ0) is 13.1. The highest BCUT2D eigenvalue weighted by Crippen LogP contribution is 2.33. The van der Waals surface area contributed by atoms with Crippen LogP contribution < -0.4 is 0 Å². The molecule has 1 heterocycles. The van der Waals surface area contributed by atoms with E-state index in [4.69, 9.17) is 9.47 Å². The molecule has 0 spiro atoms. The Labute approximate surface area is 111 Å². The Morgan fingerprint density at radius 3 is 2.44 bits per heavy atom. The third-order valence-corrected chi connectivity index (χ3v) is 4.22. The largest absolute Gasteiger partial charge is 0.388 e. The van der Waals surface area contributed by atoms with Gasteiger partial charge in [-0.25, -0.2) is 0 Å². The Morgan fingerprint density at radius 2 is 1.83 bits per heavy atom. The van der Waals surface area contributed by atoms with E-state index in [1.165, 1.54) is 18.9 Å². The normalized spacial score (nSPS) is 36.6. The Bertz CT molecular complexity index is 373. The number of hydrogen-bond donors (Lipinski definition) is 2. The molecule has 18 heavy (non-hydrogen) atoms. The standard InChI is InChI=1S/C13H18O4S/c1-8-10(14)12(16-2)11(15)13(17-8)18-9-6-4-3-5-7-9/h3-8,10-15H,1-2H3/t8-,10-,11+,12-,13+/m0/s1. The number of benzene rings is 1. The van der Waals surface area contributed by atoms with Crippen LogP contribution in [0.4, 0.5) is 0 Å². The van der Waals surface area contributed by atoms with Crippen molar-refractivity contribution in [1.29, 1.82) is 0 Å². The molecular weight excluding hydrogens is 252 g/mol. The SMILES string of the molecule is CO[C@H]1[C@@H](O)[C@H](C)O[C@H](Sc2ccccc2)[C@@H]1O. The van der Waals surface area contributed by atoms with Gasteiger partial charge in [-0.3, -0.25) is 0 Å². The van der Waals surface area contributed by atoms with E-state index >= 15 is 0 Å². The third-order valence-electron chi connectivity index (χ3n) is 3.05. The van der Waals surface area contributed by atoms with Crippen molar-refractivity contribution in [2.24, 2.45) is 0 Å². The predicted molar refractivity (Wildman–Crippen MR) is 69.4 cm³/mol. The van der Waals surface area contributed by atoms with Crippen molar-refractivity contribution in [2.75, 3.05) is 7.11 Å².